The molecule has 1 aromatic rings. The topological polar surface area (TPSA) is 76.0 Å². The highest BCUT2D eigenvalue weighted by atomic mass is 19.1. The van der Waals surface area contributed by atoms with Gasteiger partial charge in [0.2, 0.25) is 0 Å². The van der Waals surface area contributed by atoms with E-state index in [-0.39, 0.29) is 24.3 Å². The van der Waals surface area contributed by atoms with Gasteiger partial charge in [0.25, 0.3) is 0 Å². The van der Waals surface area contributed by atoms with Gasteiger partial charge in [-0.05, 0) is 45.3 Å². The highest BCUT2D eigenvalue weighted by Crippen LogP contribution is 2.24. The van der Waals surface area contributed by atoms with E-state index in [1.54, 1.807) is 27.7 Å². The molecule has 0 aliphatic heterocycles. The molecule has 0 heterocycles. The van der Waals surface area contributed by atoms with Gasteiger partial charge in [0.1, 0.15) is 17.1 Å². The summed E-state index contributed by atoms with van der Waals surface area (Å²) in [5.41, 5.74) is -2.22. The standard InChI is InChI=1S/C14H20BFO5/c1-13(2,19)14(3,4)21-15-9-7-11(17)8(6-10(9)16)12(18)20-5/h6-7,15,17,19H,1-5H3. The number of hydrogen-bond acceptors (Lipinski definition) is 5. The van der Waals surface area contributed by atoms with Gasteiger partial charge in [-0.15, -0.1) is 0 Å². The molecule has 2 N–H and O–H groups in total. The van der Waals surface area contributed by atoms with Crippen molar-refractivity contribution >= 4 is 18.9 Å². The third-order valence-corrected chi connectivity index (χ3v) is 3.63. The average molecular weight is 298 g/mol. The molecular formula is C14H20BFO5. The molecule has 0 saturated carbocycles. The van der Waals surface area contributed by atoms with Crippen molar-refractivity contribution in [2.45, 2.75) is 38.9 Å². The summed E-state index contributed by atoms with van der Waals surface area (Å²) < 4.78 is 23.9. The van der Waals surface area contributed by atoms with Crippen molar-refractivity contribution < 1.29 is 28.8 Å². The summed E-state index contributed by atoms with van der Waals surface area (Å²) in [5, 5.41) is 19.7. The zero-order chi connectivity index (χ0) is 16.4. The van der Waals surface area contributed by atoms with Crippen LogP contribution in [0.5, 0.6) is 5.75 Å². The van der Waals surface area contributed by atoms with Crippen LogP contribution in [-0.2, 0) is 9.39 Å². The number of carbonyl (C=O) groups is 1. The quantitative estimate of drug-likeness (QED) is 0.623. The molecule has 1 aromatic carbocycles. The van der Waals surface area contributed by atoms with Crippen LogP contribution in [0.15, 0.2) is 12.1 Å². The second-order valence-electron chi connectivity index (χ2n) is 5.81. The number of aromatic hydroxyl groups is 1. The second kappa shape index (κ2) is 6.03. The third kappa shape index (κ3) is 3.95. The Morgan fingerprint density at radius 3 is 2.33 bits per heavy atom. The number of rotatable bonds is 5. The highest BCUT2D eigenvalue weighted by Gasteiger charge is 2.36. The molecule has 0 fully saturated rings. The average Bonchev–Trinajstić information content (AvgIpc) is 2.37. The first kappa shape index (κ1) is 17.5. The zero-order valence-corrected chi connectivity index (χ0v) is 12.9. The number of aliphatic hydroxyl groups is 1. The lowest BCUT2D eigenvalue weighted by Crippen LogP contribution is -2.49. The number of ether oxygens (including phenoxy) is 1. The smallest absolute Gasteiger partial charge is 0.341 e. The Balaban J connectivity index is 2.97. The van der Waals surface area contributed by atoms with Gasteiger partial charge in [-0.25, -0.2) is 9.18 Å². The minimum atomic E-state index is -1.13. The van der Waals surface area contributed by atoms with Crippen LogP contribution in [0.4, 0.5) is 4.39 Å². The lowest BCUT2D eigenvalue weighted by Gasteiger charge is -2.37. The lowest BCUT2D eigenvalue weighted by atomic mass is 9.82. The number of hydrogen-bond donors (Lipinski definition) is 2. The van der Waals surface area contributed by atoms with Crippen LogP contribution < -0.4 is 5.46 Å². The van der Waals surface area contributed by atoms with E-state index in [2.05, 4.69) is 4.74 Å². The summed E-state index contributed by atoms with van der Waals surface area (Å²) in [4.78, 5) is 11.3. The number of benzene rings is 1. The maximum atomic E-state index is 13.9. The van der Waals surface area contributed by atoms with Crippen LogP contribution in [0.1, 0.15) is 38.1 Å². The predicted molar refractivity (Wildman–Crippen MR) is 77.6 cm³/mol. The molecule has 0 radical (unpaired) electrons. The van der Waals surface area contributed by atoms with Crippen molar-refractivity contribution in [2.75, 3.05) is 7.11 Å². The molecule has 1 rings (SSSR count). The summed E-state index contributed by atoms with van der Waals surface area (Å²) in [6, 6.07) is 2.01. The number of methoxy groups -OCH3 is 1. The van der Waals surface area contributed by atoms with Crippen molar-refractivity contribution in [1.82, 2.24) is 0 Å². The van der Waals surface area contributed by atoms with Crippen molar-refractivity contribution in [1.29, 1.82) is 0 Å². The first-order chi connectivity index (χ1) is 9.49. The van der Waals surface area contributed by atoms with Gasteiger partial charge in [-0.2, -0.15) is 0 Å². The first-order valence-corrected chi connectivity index (χ1v) is 6.45. The molecule has 0 saturated heterocycles. The maximum Gasteiger partial charge on any atom is 0.341 e. The fraction of sp³-hybridized carbons (Fsp3) is 0.500. The lowest BCUT2D eigenvalue weighted by molar-refractivity contribution is -0.0893. The number of carbonyl (C=O) groups excluding carboxylic acids is 1. The van der Waals surface area contributed by atoms with Crippen LogP contribution in [-0.4, -0.2) is 42.0 Å². The summed E-state index contributed by atoms with van der Waals surface area (Å²) in [5.74, 6) is -1.90. The summed E-state index contributed by atoms with van der Waals surface area (Å²) in [6.07, 6.45) is 0. The minimum Gasteiger partial charge on any atom is -0.507 e. The third-order valence-electron chi connectivity index (χ3n) is 3.63. The molecule has 7 heteroatoms. The molecule has 0 unspecified atom stereocenters. The van der Waals surface area contributed by atoms with E-state index in [0.717, 1.165) is 19.2 Å². The van der Waals surface area contributed by atoms with Crippen molar-refractivity contribution in [3.05, 3.63) is 23.5 Å². The normalized spacial score (nSPS) is 12.1. The summed E-state index contributed by atoms with van der Waals surface area (Å²) in [6.45, 7) is 6.52. The number of halogens is 1. The number of phenolic OH excluding ortho intramolecular Hbond substituents is 1. The molecule has 0 amide bonds. The maximum absolute atomic E-state index is 13.9. The van der Waals surface area contributed by atoms with E-state index >= 15 is 0 Å². The molecule has 0 aliphatic carbocycles. The molecule has 5 nitrogen and oxygen atoms in total. The minimum absolute atomic E-state index is 0.0810. The van der Waals surface area contributed by atoms with Crippen molar-refractivity contribution in [3.8, 4) is 5.75 Å². The number of phenols is 1. The molecule has 116 valence electrons. The Bertz CT molecular complexity index is 537. The fourth-order valence-electron chi connectivity index (χ4n) is 1.42. The molecule has 0 aliphatic rings. The van der Waals surface area contributed by atoms with E-state index in [9.17, 15) is 19.4 Å². The predicted octanol–water partition coefficient (Wildman–Crippen LogP) is 0.861. The SMILES string of the molecule is COC(=O)c1cc(F)c(BOC(C)(C)C(C)(C)O)cc1O. The molecule has 0 spiro atoms. The fourth-order valence-corrected chi connectivity index (χ4v) is 1.42. The zero-order valence-electron chi connectivity index (χ0n) is 12.9. The Labute approximate surface area is 124 Å². The number of esters is 1. The molecule has 0 bridgehead atoms. The van der Waals surface area contributed by atoms with Gasteiger partial charge in [0.15, 0.2) is 0 Å². The Hall–Kier alpha value is -1.60. The van der Waals surface area contributed by atoms with Crippen LogP contribution in [0.25, 0.3) is 0 Å². The summed E-state index contributed by atoms with van der Waals surface area (Å²) >= 11 is 0. The Kier molecular flexibility index (Phi) is 5.01. The second-order valence-corrected chi connectivity index (χ2v) is 5.81. The van der Waals surface area contributed by atoms with E-state index in [1.807, 2.05) is 0 Å². The Morgan fingerprint density at radius 1 is 1.29 bits per heavy atom. The van der Waals surface area contributed by atoms with Crippen molar-refractivity contribution in [3.63, 3.8) is 0 Å². The van der Waals surface area contributed by atoms with Crippen molar-refractivity contribution in [2.24, 2.45) is 0 Å². The van der Waals surface area contributed by atoms with Gasteiger partial charge < -0.3 is 19.6 Å². The molecule has 0 aromatic heterocycles. The van der Waals surface area contributed by atoms with E-state index in [1.165, 1.54) is 0 Å². The van der Waals surface area contributed by atoms with E-state index in [0.29, 0.717) is 0 Å². The van der Waals surface area contributed by atoms with Crippen LogP contribution in [0, 0.1) is 5.82 Å². The van der Waals surface area contributed by atoms with E-state index < -0.39 is 23.0 Å². The van der Waals surface area contributed by atoms with E-state index in [4.69, 9.17) is 4.65 Å². The van der Waals surface area contributed by atoms with Gasteiger partial charge in [-0.3, -0.25) is 0 Å². The van der Waals surface area contributed by atoms with Gasteiger partial charge in [-0.1, -0.05) is 0 Å². The highest BCUT2D eigenvalue weighted by molar-refractivity contribution is 6.47. The molecule has 0 atom stereocenters. The van der Waals surface area contributed by atoms with Crippen LogP contribution in [0.3, 0.4) is 0 Å². The Morgan fingerprint density at radius 2 is 1.86 bits per heavy atom. The molecular weight excluding hydrogens is 278 g/mol. The largest absolute Gasteiger partial charge is 0.507 e. The monoisotopic (exact) mass is 298 g/mol. The van der Waals surface area contributed by atoms with Gasteiger partial charge in [0.05, 0.1) is 18.3 Å². The summed E-state index contributed by atoms with van der Waals surface area (Å²) in [7, 11) is 0.986. The molecule has 21 heavy (non-hydrogen) atoms. The van der Waals surface area contributed by atoms with Gasteiger partial charge >= 0.3 is 13.5 Å². The first-order valence-electron chi connectivity index (χ1n) is 6.45. The van der Waals surface area contributed by atoms with Crippen LogP contribution in [0.2, 0.25) is 0 Å². The van der Waals surface area contributed by atoms with Gasteiger partial charge in [0, 0.05) is 0 Å². The van der Waals surface area contributed by atoms with Crippen LogP contribution >= 0.6 is 0 Å².